The van der Waals surface area contributed by atoms with Gasteiger partial charge in [-0.1, -0.05) is 26.0 Å². The molecule has 152 valence electrons. The third-order valence-corrected chi connectivity index (χ3v) is 4.84. The molecule has 1 saturated heterocycles. The first-order valence-electron chi connectivity index (χ1n) is 10.3. The van der Waals surface area contributed by atoms with E-state index in [0.717, 1.165) is 43.0 Å². The zero-order valence-corrected chi connectivity index (χ0v) is 17.4. The minimum atomic E-state index is 0.0994. The van der Waals surface area contributed by atoms with Crippen molar-refractivity contribution in [2.24, 2.45) is 11.8 Å². The molecule has 5 heteroatoms. The van der Waals surface area contributed by atoms with Crippen LogP contribution in [0.25, 0.3) is 0 Å². The lowest BCUT2D eigenvalue weighted by Gasteiger charge is -2.36. The lowest BCUT2D eigenvalue weighted by molar-refractivity contribution is -0.122. The van der Waals surface area contributed by atoms with Gasteiger partial charge in [0.15, 0.2) is 11.5 Å². The highest BCUT2D eigenvalue weighted by atomic mass is 16.5. The molecule has 0 spiro atoms. The Kier molecular flexibility index (Phi) is 8.92. The summed E-state index contributed by atoms with van der Waals surface area (Å²) in [5.41, 5.74) is 0. The van der Waals surface area contributed by atoms with Gasteiger partial charge in [-0.05, 0) is 50.7 Å². The Hall–Kier alpha value is -1.75. The molecule has 3 unspecified atom stereocenters. The number of carbonyl (C=O) groups is 1. The average molecular weight is 377 g/mol. The van der Waals surface area contributed by atoms with Gasteiger partial charge in [0.25, 0.3) is 0 Å². The predicted molar refractivity (Wildman–Crippen MR) is 109 cm³/mol. The first-order chi connectivity index (χ1) is 13.0. The summed E-state index contributed by atoms with van der Waals surface area (Å²) in [7, 11) is 0. The normalized spacial score (nSPS) is 21.5. The lowest BCUT2D eigenvalue weighted by Crippen LogP contribution is -2.47. The zero-order valence-electron chi connectivity index (χ0n) is 17.4. The Bertz CT molecular complexity index is 568. The highest BCUT2D eigenvalue weighted by Gasteiger charge is 2.23. The van der Waals surface area contributed by atoms with Crippen molar-refractivity contribution in [2.75, 3.05) is 32.8 Å². The summed E-state index contributed by atoms with van der Waals surface area (Å²) < 4.78 is 11.3. The highest BCUT2D eigenvalue weighted by Crippen LogP contribution is 2.26. The standard InChI is InChI=1S/C22H36N2O3/c1-5-26-20-9-6-7-10-21(20)27-12-8-11-22(25)23-19(4)16-24-14-17(2)13-18(3)15-24/h6-7,9-10,17-19H,5,8,11-16H2,1-4H3,(H,23,25). The first kappa shape index (κ1) is 21.5. The fourth-order valence-electron chi connectivity index (χ4n) is 3.98. The van der Waals surface area contributed by atoms with E-state index >= 15 is 0 Å². The number of benzene rings is 1. The maximum Gasteiger partial charge on any atom is 0.220 e. The number of para-hydroxylation sites is 2. The number of hydrogen-bond donors (Lipinski definition) is 1. The molecule has 0 aromatic heterocycles. The smallest absolute Gasteiger partial charge is 0.220 e. The number of ether oxygens (including phenoxy) is 2. The van der Waals surface area contributed by atoms with Gasteiger partial charge in [-0.15, -0.1) is 0 Å². The van der Waals surface area contributed by atoms with Crippen molar-refractivity contribution in [3.05, 3.63) is 24.3 Å². The fourth-order valence-corrected chi connectivity index (χ4v) is 3.98. The first-order valence-corrected chi connectivity index (χ1v) is 10.3. The van der Waals surface area contributed by atoms with Crippen molar-refractivity contribution >= 4 is 5.91 Å². The van der Waals surface area contributed by atoms with E-state index in [9.17, 15) is 4.79 Å². The second kappa shape index (κ2) is 11.2. The Morgan fingerprint density at radius 1 is 1.19 bits per heavy atom. The van der Waals surface area contributed by atoms with Crippen molar-refractivity contribution in [1.29, 1.82) is 0 Å². The maximum absolute atomic E-state index is 12.2. The van der Waals surface area contributed by atoms with Crippen molar-refractivity contribution in [3.63, 3.8) is 0 Å². The van der Waals surface area contributed by atoms with Crippen LogP contribution < -0.4 is 14.8 Å². The number of carbonyl (C=O) groups excluding carboxylic acids is 1. The minimum Gasteiger partial charge on any atom is -0.490 e. The molecule has 1 aromatic carbocycles. The van der Waals surface area contributed by atoms with Crippen LogP contribution in [-0.4, -0.2) is 49.7 Å². The van der Waals surface area contributed by atoms with E-state index in [-0.39, 0.29) is 11.9 Å². The number of nitrogens with one attached hydrogen (secondary N) is 1. The van der Waals surface area contributed by atoms with E-state index in [0.29, 0.717) is 26.1 Å². The molecule has 0 saturated carbocycles. The van der Waals surface area contributed by atoms with Crippen molar-refractivity contribution in [3.8, 4) is 11.5 Å². The van der Waals surface area contributed by atoms with Gasteiger partial charge in [0, 0.05) is 32.1 Å². The van der Waals surface area contributed by atoms with Gasteiger partial charge < -0.3 is 19.7 Å². The van der Waals surface area contributed by atoms with Gasteiger partial charge in [-0.25, -0.2) is 0 Å². The molecule has 5 nitrogen and oxygen atoms in total. The minimum absolute atomic E-state index is 0.0994. The van der Waals surface area contributed by atoms with Crippen molar-refractivity contribution < 1.29 is 14.3 Å². The predicted octanol–water partition coefficient (Wildman–Crippen LogP) is 3.73. The van der Waals surface area contributed by atoms with Crippen molar-refractivity contribution in [1.82, 2.24) is 10.2 Å². The molecule has 1 aromatic rings. The topological polar surface area (TPSA) is 50.8 Å². The number of piperidine rings is 1. The zero-order chi connectivity index (χ0) is 19.6. The third-order valence-electron chi connectivity index (χ3n) is 4.84. The SMILES string of the molecule is CCOc1ccccc1OCCCC(=O)NC(C)CN1CC(C)CC(C)C1. The Morgan fingerprint density at radius 3 is 2.44 bits per heavy atom. The monoisotopic (exact) mass is 376 g/mol. The number of nitrogens with zero attached hydrogens (tertiary/aromatic N) is 1. The van der Waals surface area contributed by atoms with Crippen LogP contribution >= 0.6 is 0 Å². The molecule has 0 aliphatic carbocycles. The second-order valence-corrected chi connectivity index (χ2v) is 7.96. The van der Waals surface area contributed by atoms with Gasteiger partial charge >= 0.3 is 0 Å². The molecular weight excluding hydrogens is 340 g/mol. The quantitative estimate of drug-likeness (QED) is 0.632. The number of hydrogen-bond acceptors (Lipinski definition) is 4. The Labute approximate surface area is 164 Å². The summed E-state index contributed by atoms with van der Waals surface area (Å²) in [5.74, 6) is 3.08. The summed E-state index contributed by atoms with van der Waals surface area (Å²) in [4.78, 5) is 14.7. The maximum atomic E-state index is 12.2. The van der Waals surface area contributed by atoms with Crippen LogP contribution in [0.5, 0.6) is 11.5 Å². The third kappa shape index (κ3) is 7.79. The fraction of sp³-hybridized carbons (Fsp3) is 0.682. The van der Waals surface area contributed by atoms with Gasteiger partial charge in [0.1, 0.15) is 0 Å². The van der Waals surface area contributed by atoms with Crippen LogP contribution in [0, 0.1) is 11.8 Å². The Balaban J connectivity index is 1.64. The van der Waals surface area contributed by atoms with E-state index in [1.165, 1.54) is 6.42 Å². The molecule has 1 N–H and O–H groups in total. The highest BCUT2D eigenvalue weighted by molar-refractivity contribution is 5.76. The molecule has 1 fully saturated rings. The summed E-state index contributed by atoms with van der Waals surface area (Å²) in [6.45, 7) is 13.0. The molecule has 1 aliphatic rings. The van der Waals surface area contributed by atoms with Gasteiger partial charge in [-0.2, -0.15) is 0 Å². The van der Waals surface area contributed by atoms with Crippen LogP contribution in [0.4, 0.5) is 0 Å². The van der Waals surface area contributed by atoms with E-state index in [2.05, 4.69) is 31.0 Å². The van der Waals surface area contributed by atoms with Crippen LogP contribution in [-0.2, 0) is 4.79 Å². The molecule has 3 atom stereocenters. The second-order valence-electron chi connectivity index (χ2n) is 7.96. The summed E-state index contributed by atoms with van der Waals surface area (Å²) in [6.07, 6.45) is 2.48. The molecule has 0 radical (unpaired) electrons. The summed E-state index contributed by atoms with van der Waals surface area (Å²) >= 11 is 0. The van der Waals surface area contributed by atoms with Crippen LogP contribution in [0.1, 0.15) is 47.0 Å². The van der Waals surface area contributed by atoms with Crippen LogP contribution in [0.15, 0.2) is 24.3 Å². The van der Waals surface area contributed by atoms with Gasteiger partial charge in [0.05, 0.1) is 13.2 Å². The van der Waals surface area contributed by atoms with E-state index in [1.54, 1.807) is 0 Å². The van der Waals surface area contributed by atoms with Gasteiger partial charge in [-0.3, -0.25) is 4.79 Å². The molecular formula is C22H36N2O3. The Morgan fingerprint density at radius 2 is 1.81 bits per heavy atom. The number of rotatable bonds is 10. The molecule has 1 heterocycles. The molecule has 1 amide bonds. The van der Waals surface area contributed by atoms with E-state index in [4.69, 9.17) is 9.47 Å². The number of amides is 1. The largest absolute Gasteiger partial charge is 0.490 e. The van der Waals surface area contributed by atoms with E-state index in [1.807, 2.05) is 31.2 Å². The molecule has 27 heavy (non-hydrogen) atoms. The lowest BCUT2D eigenvalue weighted by atomic mass is 9.92. The van der Waals surface area contributed by atoms with Gasteiger partial charge in [0.2, 0.25) is 5.91 Å². The molecule has 0 bridgehead atoms. The van der Waals surface area contributed by atoms with E-state index < -0.39 is 0 Å². The number of likely N-dealkylation sites (tertiary alicyclic amines) is 1. The average Bonchev–Trinajstić information content (AvgIpc) is 2.59. The van der Waals surface area contributed by atoms with Crippen molar-refractivity contribution in [2.45, 2.75) is 53.0 Å². The summed E-state index contributed by atoms with van der Waals surface area (Å²) in [5, 5.41) is 3.13. The van der Waals surface area contributed by atoms with Crippen LogP contribution in [0.3, 0.4) is 0 Å². The van der Waals surface area contributed by atoms with Crippen LogP contribution in [0.2, 0.25) is 0 Å². The summed E-state index contributed by atoms with van der Waals surface area (Å²) in [6, 6.07) is 7.82. The molecule has 1 aliphatic heterocycles. The molecule has 2 rings (SSSR count).